The van der Waals surface area contributed by atoms with Gasteiger partial charge in [-0.15, -0.1) is 0 Å². The van der Waals surface area contributed by atoms with E-state index < -0.39 is 0 Å². The van der Waals surface area contributed by atoms with Gasteiger partial charge in [0.2, 0.25) is 0 Å². The standard InChI is InChI=1S/C15H12BrCl2NO3/c1-21-14-4-10(7-19-20)12(16)6-15(14)22-8-9-2-3-11(17)5-13(9)18/h2-7,20H,8H2,1H3/b19-7-. The smallest absolute Gasteiger partial charge is 0.162 e. The van der Waals surface area contributed by atoms with Crippen molar-refractivity contribution in [1.29, 1.82) is 0 Å². The van der Waals surface area contributed by atoms with E-state index in [2.05, 4.69) is 21.1 Å². The fraction of sp³-hybridized carbons (Fsp3) is 0.133. The van der Waals surface area contributed by atoms with Crippen LogP contribution in [0, 0.1) is 0 Å². The average Bonchev–Trinajstić information content (AvgIpc) is 2.49. The molecule has 0 radical (unpaired) electrons. The topological polar surface area (TPSA) is 51.0 Å². The maximum absolute atomic E-state index is 8.63. The molecular formula is C15H12BrCl2NO3. The minimum atomic E-state index is 0.270. The number of oxime groups is 1. The third-order valence-corrected chi connectivity index (χ3v) is 4.15. The molecule has 7 heteroatoms. The van der Waals surface area contributed by atoms with Gasteiger partial charge in [0.25, 0.3) is 0 Å². The highest BCUT2D eigenvalue weighted by Crippen LogP contribution is 2.34. The molecule has 0 spiro atoms. The van der Waals surface area contributed by atoms with E-state index in [9.17, 15) is 0 Å². The lowest BCUT2D eigenvalue weighted by molar-refractivity contribution is 0.284. The summed E-state index contributed by atoms with van der Waals surface area (Å²) in [5.74, 6) is 1.05. The number of hydrogen-bond donors (Lipinski definition) is 1. The van der Waals surface area contributed by atoms with Gasteiger partial charge in [-0.2, -0.15) is 0 Å². The van der Waals surface area contributed by atoms with Gasteiger partial charge in [-0.1, -0.05) is 34.4 Å². The molecule has 2 rings (SSSR count). The van der Waals surface area contributed by atoms with Gasteiger partial charge < -0.3 is 14.7 Å². The molecule has 0 aliphatic rings. The van der Waals surface area contributed by atoms with Crippen LogP contribution in [0.1, 0.15) is 11.1 Å². The zero-order valence-corrected chi connectivity index (χ0v) is 14.6. The molecule has 0 aliphatic carbocycles. The van der Waals surface area contributed by atoms with E-state index in [-0.39, 0.29) is 6.61 Å². The normalized spacial score (nSPS) is 10.9. The zero-order chi connectivity index (χ0) is 16.1. The number of ether oxygens (including phenoxy) is 2. The summed E-state index contributed by atoms with van der Waals surface area (Å²) in [5, 5.41) is 12.7. The molecule has 0 unspecified atom stereocenters. The Balaban J connectivity index is 2.23. The molecule has 2 aromatic carbocycles. The minimum absolute atomic E-state index is 0.270. The first-order valence-electron chi connectivity index (χ1n) is 6.17. The van der Waals surface area contributed by atoms with E-state index >= 15 is 0 Å². The van der Waals surface area contributed by atoms with Crippen LogP contribution in [0.5, 0.6) is 11.5 Å². The van der Waals surface area contributed by atoms with Crippen molar-refractivity contribution in [2.45, 2.75) is 6.61 Å². The molecule has 0 amide bonds. The molecule has 0 heterocycles. The molecule has 0 bridgehead atoms. The molecule has 1 N–H and O–H groups in total. The lowest BCUT2D eigenvalue weighted by Crippen LogP contribution is -1.99. The molecule has 116 valence electrons. The van der Waals surface area contributed by atoms with Gasteiger partial charge in [-0.25, -0.2) is 0 Å². The SMILES string of the molecule is COc1cc(/C=N\O)c(Br)cc1OCc1ccc(Cl)cc1Cl. The maximum atomic E-state index is 8.63. The third-order valence-electron chi connectivity index (χ3n) is 2.88. The van der Waals surface area contributed by atoms with E-state index in [1.54, 1.807) is 30.3 Å². The Morgan fingerprint density at radius 3 is 2.64 bits per heavy atom. The molecule has 0 fully saturated rings. The first kappa shape index (κ1) is 16.9. The van der Waals surface area contributed by atoms with Crippen molar-refractivity contribution in [2.24, 2.45) is 5.16 Å². The Morgan fingerprint density at radius 1 is 1.23 bits per heavy atom. The van der Waals surface area contributed by atoms with E-state index in [0.717, 1.165) is 5.56 Å². The maximum Gasteiger partial charge on any atom is 0.162 e. The third kappa shape index (κ3) is 4.06. The van der Waals surface area contributed by atoms with Crippen molar-refractivity contribution in [1.82, 2.24) is 0 Å². The summed E-state index contributed by atoms with van der Waals surface area (Å²) in [4.78, 5) is 0. The molecule has 0 aliphatic heterocycles. The van der Waals surface area contributed by atoms with Crippen LogP contribution in [-0.2, 0) is 6.61 Å². The minimum Gasteiger partial charge on any atom is -0.493 e. The van der Waals surface area contributed by atoms with E-state index in [4.69, 9.17) is 37.9 Å². The Hall–Kier alpha value is -1.43. The van der Waals surface area contributed by atoms with Crippen LogP contribution >= 0.6 is 39.1 Å². The van der Waals surface area contributed by atoms with E-state index in [0.29, 0.717) is 31.6 Å². The van der Waals surface area contributed by atoms with Crippen LogP contribution in [0.25, 0.3) is 0 Å². The van der Waals surface area contributed by atoms with Crippen LogP contribution in [0.15, 0.2) is 40.0 Å². The number of halogens is 3. The van der Waals surface area contributed by atoms with Crippen molar-refractivity contribution in [3.63, 3.8) is 0 Å². The molecule has 0 atom stereocenters. The second-order valence-electron chi connectivity index (χ2n) is 4.29. The fourth-order valence-electron chi connectivity index (χ4n) is 1.78. The van der Waals surface area contributed by atoms with E-state index in [1.165, 1.54) is 13.3 Å². The highest BCUT2D eigenvalue weighted by Gasteiger charge is 2.11. The number of rotatable bonds is 5. The van der Waals surface area contributed by atoms with Crippen molar-refractivity contribution in [3.05, 3.63) is 56.0 Å². The van der Waals surface area contributed by atoms with Gasteiger partial charge in [0.1, 0.15) is 6.61 Å². The molecule has 22 heavy (non-hydrogen) atoms. The zero-order valence-electron chi connectivity index (χ0n) is 11.5. The highest BCUT2D eigenvalue weighted by atomic mass is 79.9. The second kappa shape index (κ2) is 7.72. The molecular weight excluding hydrogens is 393 g/mol. The predicted octanol–water partition coefficient (Wildman–Crippen LogP) is 5.15. The summed E-state index contributed by atoms with van der Waals surface area (Å²) >= 11 is 15.4. The van der Waals surface area contributed by atoms with Crippen molar-refractivity contribution in [3.8, 4) is 11.5 Å². The first-order chi connectivity index (χ1) is 10.5. The van der Waals surface area contributed by atoms with Gasteiger partial charge in [-0.3, -0.25) is 0 Å². The number of nitrogens with zero attached hydrogens (tertiary/aromatic N) is 1. The van der Waals surface area contributed by atoms with Crippen molar-refractivity contribution in [2.75, 3.05) is 7.11 Å². The fourth-order valence-corrected chi connectivity index (χ4v) is 2.67. The van der Waals surface area contributed by atoms with Crippen molar-refractivity contribution < 1.29 is 14.7 Å². The predicted molar refractivity (Wildman–Crippen MR) is 90.9 cm³/mol. The van der Waals surface area contributed by atoms with E-state index in [1.807, 2.05) is 0 Å². The molecule has 0 saturated carbocycles. The first-order valence-corrected chi connectivity index (χ1v) is 7.71. The molecule has 0 saturated heterocycles. The second-order valence-corrected chi connectivity index (χ2v) is 5.99. The van der Waals surface area contributed by atoms with Gasteiger partial charge in [0, 0.05) is 25.6 Å². The number of hydrogen-bond acceptors (Lipinski definition) is 4. The van der Waals surface area contributed by atoms with Gasteiger partial charge in [0.05, 0.1) is 13.3 Å². The summed E-state index contributed by atoms with van der Waals surface area (Å²) in [5.41, 5.74) is 1.47. The molecule has 0 aromatic heterocycles. The summed E-state index contributed by atoms with van der Waals surface area (Å²) in [6.45, 7) is 0.270. The van der Waals surface area contributed by atoms with Gasteiger partial charge in [-0.05, 0) is 40.2 Å². The Labute approximate surface area is 146 Å². The lowest BCUT2D eigenvalue weighted by Gasteiger charge is -2.13. The lowest BCUT2D eigenvalue weighted by atomic mass is 10.2. The molecule has 4 nitrogen and oxygen atoms in total. The molecule has 2 aromatic rings. The number of methoxy groups -OCH3 is 1. The average molecular weight is 405 g/mol. The Morgan fingerprint density at radius 2 is 2.00 bits per heavy atom. The highest BCUT2D eigenvalue weighted by molar-refractivity contribution is 9.10. The summed E-state index contributed by atoms with van der Waals surface area (Å²) < 4.78 is 11.8. The Kier molecular flexibility index (Phi) is 5.94. The van der Waals surface area contributed by atoms with Gasteiger partial charge >= 0.3 is 0 Å². The largest absolute Gasteiger partial charge is 0.493 e. The summed E-state index contributed by atoms with van der Waals surface area (Å²) in [6, 6.07) is 8.65. The number of benzene rings is 2. The van der Waals surface area contributed by atoms with Gasteiger partial charge in [0.15, 0.2) is 11.5 Å². The summed E-state index contributed by atoms with van der Waals surface area (Å²) in [6.07, 6.45) is 1.30. The summed E-state index contributed by atoms with van der Waals surface area (Å²) in [7, 11) is 1.53. The van der Waals surface area contributed by atoms with Crippen LogP contribution in [0.3, 0.4) is 0 Å². The monoisotopic (exact) mass is 403 g/mol. The van der Waals surface area contributed by atoms with Crippen LogP contribution < -0.4 is 9.47 Å². The van der Waals surface area contributed by atoms with Crippen LogP contribution in [0.4, 0.5) is 0 Å². The quantitative estimate of drug-likeness (QED) is 0.425. The van der Waals surface area contributed by atoms with Crippen molar-refractivity contribution >= 4 is 45.3 Å². The van der Waals surface area contributed by atoms with Crippen LogP contribution in [0.2, 0.25) is 10.0 Å². The Bertz CT molecular complexity index is 707. The van der Waals surface area contributed by atoms with Crippen LogP contribution in [-0.4, -0.2) is 18.5 Å².